The van der Waals surface area contributed by atoms with Crippen molar-refractivity contribution in [3.05, 3.63) is 28.8 Å². The van der Waals surface area contributed by atoms with Gasteiger partial charge in [0.05, 0.1) is 16.3 Å². The Kier molecular flexibility index (Phi) is 5.28. The summed E-state index contributed by atoms with van der Waals surface area (Å²) in [5.74, 6) is 0. The minimum absolute atomic E-state index is 0.337. The van der Waals surface area contributed by atoms with Crippen molar-refractivity contribution in [3.8, 4) is 6.07 Å². The lowest BCUT2D eigenvalue weighted by molar-refractivity contribution is 0.393. The molecule has 0 saturated carbocycles. The number of piperidine rings is 1. The van der Waals surface area contributed by atoms with Gasteiger partial charge in [0.1, 0.15) is 6.07 Å². The van der Waals surface area contributed by atoms with E-state index in [1.165, 1.54) is 19.3 Å². The Morgan fingerprint density at radius 3 is 2.85 bits per heavy atom. The normalized spacial score (nSPS) is 18.9. The van der Waals surface area contributed by atoms with Gasteiger partial charge < -0.3 is 10.2 Å². The number of anilines is 1. The third-order valence-electron chi connectivity index (χ3n) is 3.87. The topological polar surface area (TPSA) is 39.1 Å². The van der Waals surface area contributed by atoms with Gasteiger partial charge in [-0.05, 0) is 45.4 Å². The molecule has 2 rings (SSSR count). The number of benzene rings is 1. The second-order valence-electron chi connectivity index (χ2n) is 5.64. The fourth-order valence-corrected chi connectivity index (χ4v) is 2.98. The van der Waals surface area contributed by atoms with Crippen LogP contribution in [0.3, 0.4) is 0 Å². The van der Waals surface area contributed by atoms with Crippen molar-refractivity contribution in [3.63, 3.8) is 0 Å². The van der Waals surface area contributed by atoms with Crippen LogP contribution >= 0.6 is 11.6 Å². The van der Waals surface area contributed by atoms with Crippen LogP contribution in [0, 0.1) is 11.3 Å². The molecule has 0 amide bonds. The largest absolute Gasteiger partial charge is 0.366 e. The maximum absolute atomic E-state index is 9.36. The molecule has 1 N–H and O–H groups in total. The third kappa shape index (κ3) is 3.45. The SMILES string of the molecule is CC(C)N(CC1CCCCN1)c1cccc(Cl)c1C#N. The highest BCUT2D eigenvalue weighted by Crippen LogP contribution is 2.28. The average molecular weight is 292 g/mol. The lowest BCUT2D eigenvalue weighted by Gasteiger charge is -2.35. The third-order valence-corrected chi connectivity index (χ3v) is 4.18. The van der Waals surface area contributed by atoms with Gasteiger partial charge in [0.15, 0.2) is 0 Å². The first-order valence-corrected chi connectivity index (χ1v) is 7.70. The number of hydrogen-bond acceptors (Lipinski definition) is 3. The van der Waals surface area contributed by atoms with Crippen molar-refractivity contribution in [2.45, 2.75) is 45.2 Å². The predicted octanol–water partition coefficient (Wildman–Crippen LogP) is 3.57. The Hall–Kier alpha value is -1.24. The summed E-state index contributed by atoms with van der Waals surface area (Å²) in [5.41, 5.74) is 1.53. The van der Waals surface area contributed by atoms with E-state index in [-0.39, 0.29) is 0 Å². The molecule has 0 bridgehead atoms. The van der Waals surface area contributed by atoms with Crippen molar-refractivity contribution < 1.29 is 0 Å². The highest BCUT2D eigenvalue weighted by molar-refractivity contribution is 6.32. The summed E-state index contributed by atoms with van der Waals surface area (Å²) in [6.45, 7) is 6.33. The fourth-order valence-electron chi connectivity index (χ4n) is 2.77. The van der Waals surface area contributed by atoms with Crippen molar-refractivity contribution in [1.82, 2.24) is 5.32 Å². The highest BCUT2D eigenvalue weighted by Gasteiger charge is 2.21. The zero-order valence-electron chi connectivity index (χ0n) is 12.2. The molecule has 1 atom stereocenters. The molecule has 1 aliphatic heterocycles. The van der Waals surface area contributed by atoms with E-state index >= 15 is 0 Å². The van der Waals surface area contributed by atoms with E-state index in [1.807, 2.05) is 12.1 Å². The summed E-state index contributed by atoms with van der Waals surface area (Å²) in [6.07, 6.45) is 3.74. The first-order valence-electron chi connectivity index (χ1n) is 7.32. The molecule has 1 saturated heterocycles. The summed E-state index contributed by atoms with van der Waals surface area (Å²) in [4.78, 5) is 2.29. The number of hydrogen-bond donors (Lipinski definition) is 1. The zero-order chi connectivity index (χ0) is 14.5. The Balaban J connectivity index is 2.24. The molecule has 20 heavy (non-hydrogen) atoms. The zero-order valence-corrected chi connectivity index (χ0v) is 13.0. The van der Waals surface area contributed by atoms with E-state index < -0.39 is 0 Å². The van der Waals surface area contributed by atoms with Gasteiger partial charge >= 0.3 is 0 Å². The minimum atomic E-state index is 0.337. The van der Waals surface area contributed by atoms with Gasteiger partial charge in [-0.3, -0.25) is 0 Å². The lowest BCUT2D eigenvalue weighted by atomic mass is 10.0. The van der Waals surface area contributed by atoms with Crippen LogP contribution in [-0.2, 0) is 0 Å². The minimum Gasteiger partial charge on any atom is -0.366 e. The van der Waals surface area contributed by atoms with E-state index in [4.69, 9.17) is 11.6 Å². The van der Waals surface area contributed by atoms with Gasteiger partial charge in [-0.2, -0.15) is 5.26 Å². The molecule has 1 aromatic rings. The van der Waals surface area contributed by atoms with Gasteiger partial charge in [-0.1, -0.05) is 24.1 Å². The van der Waals surface area contributed by atoms with Crippen LogP contribution < -0.4 is 10.2 Å². The molecule has 1 aliphatic rings. The smallest absolute Gasteiger partial charge is 0.103 e. The van der Waals surface area contributed by atoms with E-state index in [1.54, 1.807) is 6.07 Å². The van der Waals surface area contributed by atoms with Crippen molar-refractivity contribution >= 4 is 17.3 Å². The van der Waals surface area contributed by atoms with E-state index in [9.17, 15) is 5.26 Å². The second kappa shape index (κ2) is 6.97. The van der Waals surface area contributed by atoms with Crippen LogP contribution in [0.1, 0.15) is 38.7 Å². The summed E-state index contributed by atoms with van der Waals surface area (Å²) < 4.78 is 0. The van der Waals surface area contributed by atoms with E-state index in [0.29, 0.717) is 22.7 Å². The molecule has 0 aliphatic carbocycles. The number of nitrogens with zero attached hydrogens (tertiary/aromatic N) is 2. The van der Waals surface area contributed by atoms with Crippen LogP contribution in [0.4, 0.5) is 5.69 Å². The van der Waals surface area contributed by atoms with Gasteiger partial charge in [-0.15, -0.1) is 0 Å². The lowest BCUT2D eigenvalue weighted by Crippen LogP contribution is -2.46. The molecule has 0 radical (unpaired) electrons. The Labute approximate surface area is 126 Å². The molecule has 1 heterocycles. The maximum atomic E-state index is 9.36. The maximum Gasteiger partial charge on any atom is 0.103 e. The monoisotopic (exact) mass is 291 g/mol. The van der Waals surface area contributed by atoms with Gasteiger partial charge in [0.25, 0.3) is 0 Å². The Morgan fingerprint density at radius 2 is 2.25 bits per heavy atom. The predicted molar refractivity (Wildman–Crippen MR) is 84.3 cm³/mol. The number of rotatable bonds is 4. The number of nitriles is 1. The Bertz CT molecular complexity index is 487. The molecule has 108 valence electrons. The van der Waals surface area contributed by atoms with Crippen molar-refractivity contribution in [2.75, 3.05) is 18.0 Å². The van der Waals surface area contributed by atoms with Crippen molar-refractivity contribution in [2.24, 2.45) is 0 Å². The van der Waals surface area contributed by atoms with Crippen LogP contribution in [0.5, 0.6) is 0 Å². The molecular formula is C16H22ClN3. The van der Waals surface area contributed by atoms with Gasteiger partial charge in [0, 0.05) is 18.6 Å². The standard InChI is InChI=1S/C16H22ClN3/c1-12(2)20(11-13-6-3-4-9-19-13)16-8-5-7-15(17)14(16)10-18/h5,7-8,12-13,19H,3-4,6,9,11H2,1-2H3. The molecular weight excluding hydrogens is 270 g/mol. The van der Waals surface area contributed by atoms with Crippen LogP contribution in [0.15, 0.2) is 18.2 Å². The second-order valence-corrected chi connectivity index (χ2v) is 6.05. The first-order chi connectivity index (χ1) is 9.63. The molecule has 0 spiro atoms. The van der Waals surface area contributed by atoms with E-state index in [2.05, 4.69) is 30.1 Å². The molecule has 0 aromatic heterocycles. The number of halogens is 1. The van der Waals surface area contributed by atoms with Gasteiger partial charge in [-0.25, -0.2) is 0 Å². The molecule has 1 unspecified atom stereocenters. The Morgan fingerprint density at radius 1 is 1.45 bits per heavy atom. The molecule has 3 nitrogen and oxygen atoms in total. The first kappa shape index (κ1) is 15.2. The fraction of sp³-hybridized carbons (Fsp3) is 0.562. The molecule has 1 fully saturated rings. The molecule has 4 heteroatoms. The average Bonchev–Trinajstić information content (AvgIpc) is 2.45. The molecule has 1 aromatic carbocycles. The summed E-state index contributed by atoms with van der Waals surface area (Å²) in [7, 11) is 0. The highest BCUT2D eigenvalue weighted by atomic mass is 35.5. The summed E-state index contributed by atoms with van der Waals surface area (Å²) in [6, 6.07) is 8.77. The van der Waals surface area contributed by atoms with Crippen LogP contribution in [-0.4, -0.2) is 25.2 Å². The summed E-state index contributed by atoms with van der Waals surface area (Å²) >= 11 is 6.16. The van der Waals surface area contributed by atoms with Crippen LogP contribution in [0.2, 0.25) is 5.02 Å². The van der Waals surface area contributed by atoms with Crippen molar-refractivity contribution in [1.29, 1.82) is 5.26 Å². The van der Waals surface area contributed by atoms with Gasteiger partial charge in [0.2, 0.25) is 0 Å². The van der Waals surface area contributed by atoms with Crippen LogP contribution in [0.25, 0.3) is 0 Å². The number of nitrogens with one attached hydrogen (secondary N) is 1. The quantitative estimate of drug-likeness (QED) is 0.922. The summed E-state index contributed by atoms with van der Waals surface area (Å²) in [5, 5.41) is 13.5. The van der Waals surface area contributed by atoms with E-state index in [0.717, 1.165) is 18.8 Å².